The van der Waals surface area contributed by atoms with Gasteiger partial charge in [0, 0.05) is 11.6 Å². The molecule has 1 nitrogen and oxygen atoms in total. The molecule has 0 unspecified atom stereocenters. The van der Waals surface area contributed by atoms with Gasteiger partial charge in [0.2, 0.25) is 0 Å². The van der Waals surface area contributed by atoms with Gasteiger partial charge in [-0.25, -0.2) is 0 Å². The molecular weight excluding hydrogens is 184 g/mol. The molecule has 0 aliphatic heterocycles. The number of aliphatic hydroxyl groups excluding tert-OH is 1. The number of rotatable bonds is 3. The molecule has 1 fully saturated rings. The van der Waals surface area contributed by atoms with Gasteiger partial charge in [0.1, 0.15) is 0 Å². The van der Waals surface area contributed by atoms with Crippen LogP contribution in [0.5, 0.6) is 0 Å². The first-order chi connectivity index (χ1) is 6.31. The third-order valence-electron chi connectivity index (χ3n) is 2.72. The van der Waals surface area contributed by atoms with E-state index >= 15 is 0 Å². The van der Waals surface area contributed by atoms with Crippen LogP contribution in [0.15, 0.2) is 24.3 Å². The quantitative estimate of drug-likeness (QED) is 0.789. The van der Waals surface area contributed by atoms with Crippen LogP contribution in [0.3, 0.4) is 0 Å². The smallest absolute Gasteiger partial charge is 0.0433 e. The van der Waals surface area contributed by atoms with Gasteiger partial charge in [-0.3, -0.25) is 0 Å². The van der Waals surface area contributed by atoms with Crippen molar-refractivity contribution in [3.05, 3.63) is 34.9 Å². The summed E-state index contributed by atoms with van der Waals surface area (Å²) >= 11 is 5.79. The third kappa shape index (κ3) is 2.04. The van der Waals surface area contributed by atoms with Crippen LogP contribution < -0.4 is 0 Å². The highest BCUT2D eigenvalue weighted by molar-refractivity contribution is 6.30. The normalized spacial score (nSPS) is 26.0. The molecule has 2 rings (SSSR count). The lowest BCUT2D eigenvalue weighted by Gasteiger charge is -1.99. The van der Waals surface area contributed by atoms with Crippen LogP contribution in [-0.4, -0.2) is 11.7 Å². The van der Waals surface area contributed by atoms with Crippen LogP contribution >= 0.6 is 11.6 Å². The summed E-state index contributed by atoms with van der Waals surface area (Å²) in [6.07, 6.45) is 2.16. The highest BCUT2D eigenvalue weighted by Gasteiger charge is 2.37. The zero-order valence-corrected chi connectivity index (χ0v) is 8.17. The van der Waals surface area contributed by atoms with E-state index < -0.39 is 0 Å². The van der Waals surface area contributed by atoms with Gasteiger partial charge in [0.25, 0.3) is 0 Å². The number of benzene rings is 1. The SMILES string of the molecule is OCC[C@@H]1C[C@H]1c1ccc(Cl)cc1. The number of aliphatic hydroxyl groups is 1. The zero-order valence-electron chi connectivity index (χ0n) is 7.41. The van der Waals surface area contributed by atoms with Gasteiger partial charge in [-0.15, -0.1) is 0 Å². The van der Waals surface area contributed by atoms with E-state index in [0.717, 1.165) is 11.4 Å². The third-order valence-corrected chi connectivity index (χ3v) is 2.97. The van der Waals surface area contributed by atoms with E-state index in [1.807, 2.05) is 12.1 Å². The van der Waals surface area contributed by atoms with E-state index in [4.69, 9.17) is 16.7 Å². The second-order valence-corrected chi connectivity index (χ2v) is 4.10. The van der Waals surface area contributed by atoms with Crippen molar-refractivity contribution >= 4 is 11.6 Å². The summed E-state index contributed by atoms with van der Waals surface area (Å²) in [5.74, 6) is 1.37. The van der Waals surface area contributed by atoms with Crippen LogP contribution in [0.1, 0.15) is 24.3 Å². The molecule has 1 aromatic carbocycles. The van der Waals surface area contributed by atoms with Crippen molar-refractivity contribution in [2.24, 2.45) is 5.92 Å². The molecule has 0 aromatic heterocycles. The average molecular weight is 197 g/mol. The van der Waals surface area contributed by atoms with E-state index in [1.54, 1.807) is 0 Å². The maximum atomic E-state index is 8.76. The largest absolute Gasteiger partial charge is 0.396 e. The van der Waals surface area contributed by atoms with Crippen molar-refractivity contribution < 1.29 is 5.11 Å². The minimum atomic E-state index is 0.314. The fraction of sp³-hybridized carbons (Fsp3) is 0.455. The van der Waals surface area contributed by atoms with Gasteiger partial charge < -0.3 is 5.11 Å². The molecule has 2 heteroatoms. The van der Waals surface area contributed by atoms with Crippen molar-refractivity contribution in [2.75, 3.05) is 6.61 Å². The Labute approximate surface area is 83.3 Å². The topological polar surface area (TPSA) is 20.2 Å². The van der Waals surface area contributed by atoms with E-state index in [0.29, 0.717) is 18.4 Å². The molecule has 1 aliphatic rings. The standard InChI is InChI=1S/C11H13ClO/c12-10-3-1-8(2-4-10)11-7-9(11)5-6-13/h1-4,9,11,13H,5-7H2/t9-,11+/m1/s1. The van der Waals surface area contributed by atoms with Gasteiger partial charge in [0.15, 0.2) is 0 Å². The Morgan fingerprint density at radius 3 is 2.62 bits per heavy atom. The van der Waals surface area contributed by atoms with Crippen molar-refractivity contribution in [3.63, 3.8) is 0 Å². The predicted octanol–water partition coefficient (Wildman–Crippen LogP) is 2.83. The molecule has 0 saturated heterocycles. The first kappa shape index (κ1) is 9.04. The van der Waals surface area contributed by atoms with Crippen molar-refractivity contribution in [2.45, 2.75) is 18.8 Å². The predicted molar refractivity (Wildman–Crippen MR) is 54.0 cm³/mol. The first-order valence-corrected chi connectivity index (χ1v) is 5.05. The Hall–Kier alpha value is -0.530. The number of hydrogen-bond donors (Lipinski definition) is 1. The molecule has 0 heterocycles. The zero-order chi connectivity index (χ0) is 9.26. The minimum absolute atomic E-state index is 0.314. The van der Waals surface area contributed by atoms with Gasteiger partial charge in [-0.05, 0) is 42.4 Å². The Kier molecular flexibility index (Phi) is 2.56. The summed E-state index contributed by atoms with van der Waals surface area (Å²) in [6, 6.07) is 8.05. The summed E-state index contributed by atoms with van der Waals surface area (Å²) in [7, 11) is 0. The lowest BCUT2D eigenvalue weighted by atomic mass is 10.1. The molecule has 1 aromatic rings. The molecule has 1 saturated carbocycles. The van der Waals surface area contributed by atoms with Gasteiger partial charge in [0.05, 0.1) is 0 Å². The Bertz CT molecular complexity index is 281. The molecular formula is C11H13ClO. The lowest BCUT2D eigenvalue weighted by molar-refractivity contribution is 0.279. The number of hydrogen-bond acceptors (Lipinski definition) is 1. The molecule has 1 N–H and O–H groups in total. The fourth-order valence-corrected chi connectivity index (χ4v) is 1.98. The summed E-state index contributed by atoms with van der Waals surface area (Å²) in [5.41, 5.74) is 1.36. The van der Waals surface area contributed by atoms with Crippen LogP contribution in [0.4, 0.5) is 0 Å². The second-order valence-electron chi connectivity index (χ2n) is 3.67. The average Bonchev–Trinajstić information content (AvgIpc) is 2.86. The van der Waals surface area contributed by atoms with Crippen LogP contribution in [0, 0.1) is 5.92 Å². The van der Waals surface area contributed by atoms with Crippen LogP contribution in [-0.2, 0) is 0 Å². The molecule has 2 atom stereocenters. The molecule has 13 heavy (non-hydrogen) atoms. The minimum Gasteiger partial charge on any atom is -0.396 e. The highest BCUT2D eigenvalue weighted by Crippen LogP contribution is 2.49. The summed E-state index contributed by atoms with van der Waals surface area (Å²) in [5, 5.41) is 9.56. The fourth-order valence-electron chi connectivity index (χ4n) is 1.85. The van der Waals surface area contributed by atoms with Crippen molar-refractivity contribution in [1.29, 1.82) is 0 Å². The molecule has 0 amide bonds. The van der Waals surface area contributed by atoms with E-state index in [9.17, 15) is 0 Å². The Balaban J connectivity index is 2.00. The van der Waals surface area contributed by atoms with Gasteiger partial charge >= 0.3 is 0 Å². The van der Waals surface area contributed by atoms with E-state index in [2.05, 4.69) is 12.1 Å². The first-order valence-electron chi connectivity index (χ1n) is 4.67. The second kappa shape index (κ2) is 3.69. The Morgan fingerprint density at radius 1 is 1.31 bits per heavy atom. The monoisotopic (exact) mass is 196 g/mol. The molecule has 70 valence electrons. The van der Waals surface area contributed by atoms with Gasteiger partial charge in [-0.2, -0.15) is 0 Å². The summed E-state index contributed by atoms with van der Waals surface area (Å²) in [4.78, 5) is 0. The van der Waals surface area contributed by atoms with Crippen LogP contribution in [0.2, 0.25) is 5.02 Å². The lowest BCUT2D eigenvalue weighted by Crippen LogP contribution is -1.87. The summed E-state index contributed by atoms with van der Waals surface area (Å²) in [6.45, 7) is 0.314. The molecule has 0 radical (unpaired) electrons. The molecule has 0 spiro atoms. The van der Waals surface area contributed by atoms with Gasteiger partial charge in [-0.1, -0.05) is 23.7 Å². The van der Waals surface area contributed by atoms with Crippen molar-refractivity contribution in [1.82, 2.24) is 0 Å². The summed E-state index contributed by atoms with van der Waals surface area (Å²) < 4.78 is 0. The maximum absolute atomic E-state index is 8.76. The number of halogens is 1. The van der Waals surface area contributed by atoms with E-state index in [1.165, 1.54) is 12.0 Å². The van der Waals surface area contributed by atoms with Crippen LogP contribution in [0.25, 0.3) is 0 Å². The Morgan fingerprint density at radius 2 is 2.00 bits per heavy atom. The van der Waals surface area contributed by atoms with Crippen molar-refractivity contribution in [3.8, 4) is 0 Å². The maximum Gasteiger partial charge on any atom is 0.0433 e. The molecule has 1 aliphatic carbocycles. The highest BCUT2D eigenvalue weighted by atomic mass is 35.5. The molecule has 0 bridgehead atoms. The van der Waals surface area contributed by atoms with E-state index in [-0.39, 0.29) is 0 Å².